The quantitative estimate of drug-likeness (QED) is 0.199. The Morgan fingerprint density at radius 3 is 1.61 bits per heavy atom. The van der Waals surface area contributed by atoms with E-state index in [2.05, 4.69) is 162 Å². The van der Waals surface area contributed by atoms with Crippen LogP contribution in [0.3, 0.4) is 0 Å². The average molecular weight is 587 g/mol. The van der Waals surface area contributed by atoms with E-state index in [-0.39, 0.29) is 0 Å². The first-order valence-corrected chi connectivity index (χ1v) is 16.1. The zero-order valence-electron chi connectivity index (χ0n) is 25.5. The van der Waals surface area contributed by atoms with E-state index in [4.69, 9.17) is 0 Å². The fourth-order valence-electron chi connectivity index (χ4n) is 7.71. The number of hydrogen-bond acceptors (Lipinski definition) is 0. The predicted octanol–water partition coefficient (Wildman–Crippen LogP) is 12.2. The normalized spacial score (nSPS) is 12.1. The molecule has 2 nitrogen and oxygen atoms in total. The Balaban J connectivity index is 1.06. The summed E-state index contributed by atoms with van der Waals surface area (Å²) in [6.45, 7) is 3.18. The largest absolute Gasteiger partial charge is 0.355 e. The van der Waals surface area contributed by atoms with E-state index in [1.807, 2.05) is 0 Å². The van der Waals surface area contributed by atoms with Crippen molar-refractivity contribution in [2.45, 2.75) is 13.5 Å². The van der Waals surface area contributed by atoms with Gasteiger partial charge < -0.3 is 9.55 Å². The second-order valence-corrected chi connectivity index (χ2v) is 12.6. The summed E-state index contributed by atoms with van der Waals surface area (Å²) in [7, 11) is 0. The summed E-state index contributed by atoms with van der Waals surface area (Å²) in [5.74, 6) is 0. The number of rotatable bonds is 3. The van der Waals surface area contributed by atoms with Crippen LogP contribution in [0.1, 0.15) is 6.92 Å². The second kappa shape index (κ2) is 9.57. The van der Waals surface area contributed by atoms with Crippen LogP contribution in [-0.2, 0) is 6.54 Å². The molecule has 0 aliphatic heterocycles. The van der Waals surface area contributed by atoms with Gasteiger partial charge >= 0.3 is 0 Å². The monoisotopic (exact) mass is 586 g/mol. The minimum atomic E-state index is 0.961. The number of aromatic nitrogens is 2. The molecule has 0 bridgehead atoms. The number of para-hydroxylation sites is 2. The fraction of sp³-hybridized carbons (Fsp3) is 0.0455. The van der Waals surface area contributed by atoms with Gasteiger partial charge in [0, 0.05) is 50.2 Å². The molecule has 0 radical (unpaired) electrons. The first-order valence-electron chi connectivity index (χ1n) is 16.1. The van der Waals surface area contributed by atoms with Crippen molar-refractivity contribution in [1.82, 2.24) is 9.55 Å². The molecule has 0 unspecified atom stereocenters. The van der Waals surface area contributed by atoms with E-state index >= 15 is 0 Å². The van der Waals surface area contributed by atoms with Gasteiger partial charge in [-0.1, -0.05) is 72.8 Å². The van der Waals surface area contributed by atoms with Gasteiger partial charge in [0.25, 0.3) is 0 Å². The number of fused-ring (bicyclic) bond motifs is 9. The van der Waals surface area contributed by atoms with Crippen molar-refractivity contribution in [3.63, 3.8) is 0 Å². The van der Waals surface area contributed by atoms with E-state index in [0.29, 0.717) is 0 Å². The Labute approximate surface area is 266 Å². The number of H-pyrrole nitrogens is 1. The molecule has 1 N–H and O–H groups in total. The van der Waals surface area contributed by atoms with Crippen LogP contribution in [0.4, 0.5) is 0 Å². The van der Waals surface area contributed by atoms with Crippen molar-refractivity contribution in [2.75, 3.05) is 0 Å². The van der Waals surface area contributed by atoms with Crippen molar-refractivity contribution in [2.24, 2.45) is 0 Å². The highest BCUT2D eigenvalue weighted by molar-refractivity contribution is 6.11. The molecule has 0 atom stereocenters. The van der Waals surface area contributed by atoms with Crippen molar-refractivity contribution < 1.29 is 0 Å². The zero-order chi connectivity index (χ0) is 30.4. The lowest BCUT2D eigenvalue weighted by molar-refractivity contribution is 0.827. The van der Waals surface area contributed by atoms with Crippen LogP contribution < -0.4 is 0 Å². The first kappa shape index (κ1) is 25.5. The molecule has 0 aliphatic rings. The van der Waals surface area contributed by atoms with Crippen LogP contribution in [0.2, 0.25) is 0 Å². The van der Waals surface area contributed by atoms with Gasteiger partial charge in [0.2, 0.25) is 0 Å². The van der Waals surface area contributed by atoms with Gasteiger partial charge in [-0.05, 0) is 134 Å². The standard InChI is InChI=1S/C44H30N2/c1-2-46-43-10-6-4-8-38(43)40-26-32(16-18-44(40)46)28-12-14-30-22-35-23-33-19-27(11-13-29(33)21-36(35)24-34(30)20-28)31-15-17-42-39(25-31)37-7-3-5-9-41(37)45-42/h3-26,45H,2H2,1H3. The molecule has 0 spiro atoms. The Morgan fingerprint density at radius 1 is 0.391 bits per heavy atom. The van der Waals surface area contributed by atoms with Gasteiger partial charge in [0.15, 0.2) is 0 Å². The number of hydrogen-bond donors (Lipinski definition) is 1. The Hall–Kier alpha value is -5.86. The Bertz CT molecular complexity index is 2850. The summed E-state index contributed by atoms with van der Waals surface area (Å²) < 4.78 is 2.41. The maximum Gasteiger partial charge on any atom is 0.0491 e. The molecule has 216 valence electrons. The molecule has 46 heavy (non-hydrogen) atoms. The molecular formula is C44H30N2. The second-order valence-electron chi connectivity index (χ2n) is 12.6. The van der Waals surface area contributed by atoms with Gasteiger partial charge in [-0.15, -0.1) is 0 Å². The average Bonchev–Trinajstić information content (AvgIpc) is 3.64. The molecule has 2 heteroatoms. The Kier molecular flexibility index (Phi) is 5.30. The molecule has 0 amide bonds. The van der Waals surface area contributed by atoms with Crippen LogP contribution in [0, 0.1) is 0 Å². The van der Waals surface area contributed by atoms with E-state index in [9.17, 15) is 0 Å². The smallest absolute Gasteiger partial charge is 0.0491 e. The van der Waals surface area contributed by atoms with E-state index in [1.165, 1.54) is 98.2 Å². The highest BCUT2D eigenvalue weighted by Gasteiger charge is 2.12. The van der Waals surface area contributed by atoms with Gasteiger partial charge in [-0.2, -0.15) is 0 Å². The van der Waals surface area contributed by atoms with Crippen molar-refractivity contribution in [3.05, 3.63) is 146 Å². The molecule has 2 aromatic heterocycles. The van der Waals surface area contributed by atoms with Crippen LogP contribution in [0.25, 0.3) is 98.2 Å². The predicted molar refractivity (Wildman–Crippen MR) is 198 cm³/mol. The molecule has 0 saturated heterocycles. The van der Waals surface area contributed by atoms with Gasteiger partial charge in [0.05, 0.1) is 0 Å². The summed E-state index contributed by atoms with van der Waals surface area (Å²) >= 11 is 0. The van der Waals surface area contributed by atoms with E-state index in [0.717, 1.165) is 6.54 Å². The fourth-order valence-corrected chi connectivity index (χ4v) is 7.71. The number of aromatic amines is 1. The van der Waals surface area contributed by atoms with E-state index in [1.54, 1.807) is 0 Å². The summed E-state index contributed by atoms with van der Waals surface area (Å²) in [5.41, 5.74) is 9.94. The topological polar surface area (TPSA) is 20.7 Å². The molecular weight excluding hydrogens is 556 g/mol. The van der Waals surface area contributed by atoms with Crippen molar-refractivity contribution in [3.8, 4) is 22.3 Å². The molecule has 0 aliphatic carbocycles. The number of benzene rings is 8. The molecule has 10 aromatic rings. The number of nitrogens with zero attached hydrogens (tertiary/aromatic N) is 1. The minimum absolute atomic E-state index is 0.961. The SMILES string of the molecule is CCn1c2ccccc2c2cc(-c3ccc4cc5cc6cc(-c7ccc8[nH]c9ccccc9c8c7)ccc6cc5cc4c3)ccc21. The third-order valence-electron chi connectivity index (χ3n) is 10.0. The summed E-state index contributed by atoms with van der Waals surface area (Å²) in [6.07, 6.45) is 0. The Morgan fingerprint density at radius 2 is 0.891 bits per heavy atom. The van der Waals surface area contributed by atoms with Gasteiger partial charge in [-0.3, -0.25) is 0 Å². The third kappa shape index (κ3) is 3.77. The lowest BCUT2D eigenvalue weighted by Crippen LogP contribution is -1.92. The molecule has 2 heterocycles. The maximum absolute atomic E-state index is 3.55. The van der Waals surface area contributed by atoms with Crippen LogP contribution >= 0.6 is 0 Å². The molecule has 0 saturated carbocycles. The lowest BCUT2D eigenvalue weighted by Gasteiger charge is -2.10. The van der Waals surface area contributed by atoms with Crippen molar-refractivity contribution in [1.29, 1.82) is 0 Å². The minimum Gasteiger partial charge on any atom is -0.355 e. The van der Waals surface area contributed by atoms with Gasteiger partial charge in [-0.25, -0.2) is 0 Å². The molecule has 8 aromatic carbocycles. The maximum atomic E-state index is 3.55. The summed E-state index contributed by atoms with van der Waals surface area (Å²) in [4.78, 5) is 3.55. The van der Waals surface area contributed by atoms with Crippen LogP contribution in [-0.4, -0.2) is 9.55 Å². The summed E-state index contributed by atoms with van der Waals surface area (Å²) in [6, 6.07) is 54.1. The molecule has 0 fully saturated rings. The number of nitrogens with one attached hydrogen (secondary N) is 1. The summed E-state index contributed by atoms with van der Waals surface area (Å²) in [5, 5.41) is 12.8. The van der Waals surface area contributed by atoms with E-state index < -0.39 is 0 Å². The van der Waals surface area contributed by atoms with Crippen molar-refractivity contribution >= 4 is 75.9 Å². The molecule has 10 rings (SSSR count). The van der Waals surface area contributed by atoms with Gasteiger partial charge in [0.1, 0.15) is 0 Å². The third-order valence-corrected chi connectivity index (χ3v) is 10.0. The van der Waals surface area contributed by atoms with Crippen LogP contribution in [0.15, 0.2) is 146 Å². The first-order chi connectivity index (χ1) is 22.7. The lowest BCUT2D eigenvalue weighted by atomic mass is 9.95. The van der Waals surface area contributed by atoms with Crippen LogP contribution in [0.5, 0.6) is 0 Å². The highest BCUT2D eigenvalue weighted by Crippen LogP contribution is 2.36. The highest BCUT2D eigenvalue weighted by atomic mass is 15.0. The number of aryl methyl sites for hydroxylation is 1. The zero-order valence-corrected chi connectivity index (χ0v) is 25.5.